The fourth-order valence-corrected chi connectivity index (χ4v) is 3.06. The standard InChI is InChI=1S/C16H24O/c1-12-6-5-9-15(10-12)16(17)11-14-8-4-3-7-13(14)2/h3-4,7-8,12,15-17H,5-6,9-11H2,1-2H3. The van der Waals surface area contributed by atoms with Crippen LogP contribution in [0, 0.1) is 18.8 Å². The third-order valence-corrected chi connectivity index (χ3v) is 4.21. The van der Waals surface area contributed by atoms with Crippen LogP contribution in [-0.4, -0.2) is 11.2 Å². The van der Waals surface area contributed by atoms with Crippen LogP contribution in [0.25, 0.3) is 0 Å². The Hall–Kier alpha value is -0.820. The van der Waals surface area contributed by atoms with Crippen molar-refractivity contribution in [3.63, 3.8) is 0 Å². The highest BCUT2D eigenvalue weighted by molar-refractivity contribution is 5.26. The van der Waals surface area contributed by atoms with E-state index in [1.54, 1.807) is 0 Å². The Morgan fingerprint density at radius 2 is 2.06 bits per heavy atom. The molecule has 17 heavy (non-hydrogen) atoms. The minimum absolute atomic E-state index is 0.154. The van der Waals surface area contributed by atoms with Gasteiger partial charge in [-0.3, -0.25) is 0 Å². The molecule has 0 bridgehead atoms. The number of hydrogen-bond acceptors (Lipinski definition) is 1. The van der Waals surface area contributed by atoms with Gasteiger partial charge in [0.05, 0.1) is 6.10 Å². The largest absolute Gasteiger partial charge is 0.392 e. The Labute approximate surface area is 105 Å². The average Bonchev–Trinajstić information content (AvgIpc) is 2.32. The molecule has 1 aromatic rings. The normalized spacial score (nSPS) is 26.8. The van der Waals surface area contributed by atoms with Crippen LogP contribution < -0.4 is 0 Å². The number of rotatable bonds is 3. The minimum Gasteiger partial charge on any atom is -0.392 e. The van der Waals surface area contributed by atoms with Gasteiger partial charge in [-0.15, -0.1) is 0 Å². The Balaban J connectivity index is 1.96. The van der Waals surface area contributed by atoms with Crippen LogP contribution in [0.5, 0.6) is 0 Å². The van der Waals surface area contributed by atoms with Gasteiger partial charge in [0.2, 0.25) is 0 Å². The molecule has 1 heteroatoms. The Morgan fingerprint density at radius 3 is 2.76 bits per heavy atom. The predicted octanol–water partition coefficient (Wildman–Crippen LogP) is 3.72. The zero-order valence-corrected chi connectivity index (χ0v) is 11.0. The summed E-state index contributed by atoms with van der Waals surface area (Å²) in [6.45, 7) is 4.44. The molecule has 1 nitrogen and oxygen atoms in total. The van der Waals surface area contributed by atoms with Crippen molar-refractivity contribution < 1.29 is 5.11 Å². The second kappa shape index (κ2) is 5.68. The minimum atomic E-state index is -0.154. The Kier molecular flexibility index (Phi) is 4.22. The van der Waals surface area contributed by atoms with Crippen molar-refractivity contribution in [3.05, 3.63) is 35.4 Å². The van der Waals surface area contributed by atoms with Crippen LogP contribution >= 0.6 is 0 Å². The lowest BCUT2D eigenvalue weighted by Crippen LogP contribution is -2.27. The van der Waals surface area contributed by atoms with E-state index >= 15 is 0 Å². The molecule has 1 saturated carbocycles. The lowest BCUT2D eigenvalue weighted by molar-refractivity contribution is 0.0719. The van der Waals surface area contributed by atoms with Crippen LogP contribution in [-0.2, 0) is 6.42 Å². The van der Waals surface area contributed by atoms with Crippen molar-refractivity contribution in [3.8, 4) is 0 Å². The summed E-state index contributed by atoms with van der Waals surface area (Å²) in [6.07, 6.45) is 5.71. The number of aryl methyl sites for hydroxylation is 1. The zero-order valence-electron chi connectivity index (χ0n) is 11.0. The van der Waals surface area contributed by atoms with Crippen LogP contribution in [0.4, 0.5) is 0 Å². The van der Waals surface area contributed by atoms with Gasteiger partial charge in [0.25, 0.3) is 0 Å². The lowest BCUT2D eigenvalue weighted by atomic mass is 9.78. The van der Waals surface area contributed by atoms with E-state index < -0.39 is 0 Å². The highest BCUT2D eigenvalue weighted by atomic mass is 16.3. The Morgan fingerprint density at radius 1 is 1.29 bits per heavy atom. The smallest absolute Gasteiger partial charge is 0.0608 e. The van der Waals surface area contributed by atoms with Crippen LogP contribution in [0.2, 0.25) is 0 Å². The average molecular weight is 232 g/mol. The van der Waals surface area contributed by atoms with Gasteiger partial charge in [0.1, 0.15) is 0 Å². The maximum absolute atomic E-state index is 10.4. The molecule has 1 aliphatic carbocycles. The molecule has 94 valence electrons. The number of benzene rings is 1. The van der Waals surface area contributed by atoms with Gasteiger partial charge in [-0.25, -0.2) is 0 Å². The van der Waals surface area contributed by atoms with E-state index in [1.165, 1.54) is 36.8 Å². The van der Waals surface area contributed by atoms with Gasteiger partial charge in [-0.2, -0.15) is 0 Å². The molecular formula is C16H24O. The first-order valence-electron chi connectivity index (χ1n) is 6.89. The summed E-state index contributed by atoms with van der Waals surface area (Å²) >= 11 is 0. The first-order chi connectivity index (χ1) is 8.16. The summed E-state index contributed by atoms with van der Waals surface area (Å²) < 4.78 is 0. The summed E-state index contributed by atoms with van der Waals surface area (Å²) in [4.78, 5) is 0. The maximum Gasteiger partial charge on any atom is 0.0608 e. The third-order valence-electron chi connectivity index (χ3n) is 4.21. The third kappa shape index (κ3) is 3.32. The molecular weight excluding hydrogens is 208 g/mol. The zero-order chi connectivity index (χ0) is 12.3. The summed E-state index contributed by atoms with van der Waals surface area (Å²) in [7, 11) is 0. The summed E-state index contributed by atoms with van der Waals surface area (Å²) in [5.74, 6) is 1.30. The van der Waals surface area contributed by atoms with Crippen molar-refractivity contribution in [2.75, 3.05) is 0 Å². The molecule has 1 fully saturated rings. The molecule has 1 N–H and O–H groups in total. The summed E-state index contributed by atoms with van der Waals surface area (Å²) in [5.41, 5.74) is 2.61. The van der Waals surface area contributed by atoms with E-state index in [4.69, 9.17) is 0 Å². The van der Waals surface area contributed by atoms with E-state index in [1.807, 2.05) is 0 Å². The molecule has 3 atom stereocenters. The summed E-state index contributed by atoms with van der Waals surface area (Å²) in [6, 6.07) is 8.41. The molecule has 0 spiro atoms. The molecule has 0 radical (unpaired) electrons. The molecule has 0 aliphatic heterocycles. The first-order valence-corrected chi connectivity index (χ1v) is 6.89. The highest BCUT2D eigenvalue weighted by Crippen LogP contribution is 2.32. The molecule has 0 saturated heterocycles. The first kappa shape index (κ1) is 12.6. The molecule has 0 amide bonds. The van der Waals surface area contributed by atoms with Gasteiger partial charge >= 0.3 is 0 Å². The molecule has 1 aromatic carbocycles. The monoisotopic (exact) mass is 232 g/mol. The molecule has 0 aromatic heterocycles. The Bertz CT molecular complexity index is 358. The van der Waals surface area contributed by atoms with E-state index in [0.717, 1.165) is 12.3 Å². The van der Waals surface area contributed by atoms with E-state index in [0.29, 0.717) is 5.92 Å². The second-order valence-electron chi connectivity index (χ2n) is 5.73. The topological polar surface area (TPSA) is 20.2 Å². The lowest BCUT2D eigenvalue weighted by Gasteiger charge is -2.30. The van der Waals surface area contributed by atoms with Crippen LogP contribution in [0.15, 0.2) is 24.3 Å². The molecule has 1 aliphatic rings. The highest BCUT2D eigenvalue weighted by Gasteiger charge is 2.25. The predicted molar refractivity (Wildman–Crippen MR) is 72.0 cm³/mol. The SMILES string of the molecule is Cc1ccccc1CC(O)C1CCCC(C)C1. The fourth-order valence-electron chi connectivity index (χ4n) is 3.06. The van der Waals surface area contributed by atoms with Gasteiger partial charge in [0, 0.05) is 0 Å². The van der Waals surface area contributed by atoms with Gasteiger partial charge in [0.15, 0.2) is 0 Å². The van der Waals surface area contributed by atoms with Crippen LogP contribution in [0.1, 0.15) is 43.7 Å². The quantitative estimate of drug-likeness (QED) is 0.842. The van der Waals surface area contributed by atoms with E-state index in [9.17, 15) is 5.11 Å². The van der Waals surface area contributed by atoms with E-state index in [-0.39, 0.29) is 6.10 Å². The van der Waals surface area contributed by atoms with Gasteiger partial charge in [-0.1, -0.05) is 44.0 Å². The second-order valence-corrected chi connectivity index (χ2v) is 5.73. The molecule has 0 heterocycles. The fraction of sp³-hybridized carbons (Fsp3) is 0.625. The van der Waals surface area contributed by atoms with Crippen LogP contribution in [0.3, 0.4) is 0 Å². The number of aliphatic hydroxyl groups excluding tert-OH is 1. The molecule has 3 unspecified atom stereocenters. The molecule has 2 rings (SSSR count). The van der Waals surface area contributed by atoms with Gasteiger partial charge in [-0.05, 0) is 49.1 Å². The maximum atomic E-state index is 10.4. The van der Waals surface area contributed by atoms with Crippen molar-refractivity contribution in [1.82, 2.24) is 0 Å². The van der Waals surface area contributed by atoms with Crippen molar-refractivity contribution >= 4 is 0 Å². The van der Waals surface area contributed by atoms with Crippen molar-refractivity contribution in [2.24, 2.45) is 11.8 Å². The van der Waals surface area contributed by atoms with Crippen molar-refractivity contribution in [1.29, 1.82) is 0 Å². The number of aliphatic hydroxyl groups is 1. The van der Waals surface area contributed by atoms with Gasteiger partial charge < -0.3 is 5.11 Å². The van der Waals surface area contributed by atoms with Crippen molar-refractivity contribution in [2.45, 2.75) is 52.1 Å². The number of hydrogen-bond donors (Lipinski definition) is 1. The summed E-state index contributed by atoms with van der Waals surface area (Å²) in [5, 5.41) is 10.4. The van der Waals surface area contributed by atoms with E-state index in [2.05, 4.69) is 38.1 Å².